The number of anilines is 3. The van der Waals surface area contributed by atoms with E-state index in [-0.39, 0.29) is 12.0 Å². The van der Waals surface area contributed by atoms with Gasteiger partial charge in [0.25, 0.3) is 0 Å². The van der Waals surface area contributed by atoms with Crippen molar-refractivity contribution in [3.05, 3.63) is 30.9 Å². The number of hydrogen-bond donors (Lipinski definition) is 1. The molecule has 6 rings (SSSR count). The van der Waals surface area contributed by atoms with Crippen LogP contribution in [-0.4, -0.2) is 68.5 Å². The first kappa shape index (κ1) is 23.2. The fourth-order valence-corrected chi connectivity index (χ4v) is 5.82. The molecule has 3 aromatic rings. The fourth-order valence-electron chi connectivity index (χ4n) is 5.05. The zero-order valence-electron chi connectivity index (χ0n) is 20.4. The number of carbonyl (C=O) groups excluding carboxylic acids is 1. The van der Waals surface area contributed by atoms with Crippen LogP contribution in [0.1, 0.15) is 44.9 Å². The highest BCUT2D eigenvalue weighted by Crippen LogP contribution is 2.56. The minimum Gasteiger partial charge on any atom is -0.460 e. The van der Waals surface area contributed by atoms with Crippen molar-refractivity contribution in [2.75, 3.05) is 36.9 Å². The molecular formula is C25H30N8O2S. The van der Waals surface area contributed by atoms with Crippen LogP contribution < -0.4 is 15.0 Å². The van der Waals surface area contributed by atoms with E-state index in [2.05, 4.69) is 30.2 Å². The first-order valence-electron chi connectivity index (χ1n) is 12.6. The minimum absolute atomic E-state index is 0.0624. The lowest BCUT2D eigenvalue weighted by atomic mass is 9.85. The van der Waals surface area contributed by atoms with Crippen molar-refractivity contribution >= 4 is 34.0 Å². The third-order valence-corrected chi connectivity index (χ3v) is 8.35. The van der Waals surface area contributed by atoms with E-state index in [1.54, 1.807) is 29.7 Å². The van der Waals surface area contributed by atoms with E-state index in [1.807, 2.05) is 18.0 Å². The average molecular weight is 507 g/mol. The number of nitrogens with zero attached hydrogens (tertiary/aromatic N) is 7. The number of rotatable bonds is 6. The Labute approximate surface area is 214 Å². The fraction of sp³-hybridized carbons (Fsp3) is 0.520. The van der Waals surface area contributed by atoms with Gasteiger partial charge in [-0.2, -0.15) is 4.98 Å². The number of carbonyl (C=O) groups is 1. The molecule has 4 heterocycles. The van der Waals surface area contributed by atoms with Crippen LogP contribution in [0.15, 0.2) is 30.9 Å². The molecule has 0 unspecified atom stereocenters. The Hall–Kier alpha value is -3.18. The van der Waals surface area contributed by atoms with Gasteiger partial charge in [-0.15, -0.1) is 0 Å². The number of ether oxygens (including phenoxy) is 1. The second-order valence-electron chi connectivity index (χ2n) is 10.1. The standard InChI is InChI=1S/C25H30N8O2S/c1-32-11-2-12-33(21(34)16-32)17-13-27-22(28-14-17)31-24-29-15-20(36-24)19-5-10-26-23(30-19)35-18-3-6-25(7-4-18)8-9-25/h5,10,13-15,18H,2-4,6-9,11-12,16H2,1H3,(H,27,28,29,31). The second-order valence-corrected chi connectivity index (χ2v) is 11.1. The molecule has 1 amide bonds. The van der Waals surface area contributed by atoms with Crippen LogP contribution in [0.25, 0.3) is 10.6 Å². The normalized spacial score (nSPS) is 20.4. The van der Waals surface area contributed by atoms with Gasteiger partial charge >= 0.3 is 6.01 Å². The third-order valence-electron chi connectivity index (χ3n) is 7.41. The van der Waals surface area contributed by atoms with E-state index in [1.165, 1.54) is 37.0 Å². The van der Waals surface area contributed by atoms with Crippen LogP contribution in [0.4, 0.5) is 16.8 Å². The summed E-state index contributed by atoms with van der Waals surface area (Å²) >= 11 is 1.46. The summed E-state index contributed by atoms with van der Waals surface area (Å²) in [5.74, 6) is 0.490. The Morgan fingerprint density at radius 3 is 2.64 bits per heavy atom. The summed E-state index contributed by atoms with van der Waals surface area (Å²) in [6.07, 6.45) is 15.5. The first-order chi connectivity index (χ1) is 17.6. The molecule has 188 valence electrons. The predicted octanol–water partition coefficient (Wildman–Crippen LogP) is 3.90. The van der Waals surface area contributed by atoms with Crippen molar-refractivity contribution in [1.29, 1.82) is 0 Å². The number of thiazole rings is 1. The molecule has 1 spiro atoms. The van der Waals surface area contributed by atoms with E-state index in [4.69, 9.17) is 4.74 Å². The zero-order valence-corrected chi connectivity index (χ0v) is 21.2. The van der Waals surface area contributed by atoms with Crippen LogP contribution in [-0.2, 0) is 4.79 Å². The van der Waals surface area contributed by atoms with Crippen LogP contribution in [0.3, 0.4) is 0 Å². The van der Waals surface area contributed by atoms with E-state index >= 15 is 0 Å². The quantitative estimate of drug-likeness (QED) is 0.532. The van der Waals surface area contributed by atoms with Crippen LogP contribution >= 0.6 is 11.3 Å². The molecule has 10 nitrogen and oxygen atoms in total. The molecule has 2 saturated carbocycles. The molecule has 36 heavy (non-hydrogen) atoms. The maximum atomic E-state index is 12.5. The largest absolute Gasteiger partial charge is 0.460 e. The molecule has 3 fully saturated rings. The Bertz CT molecular complexity index is 1220. The lowest BCUT2D eigenvalue weighted by Crippen LogP contribution is -2.35. The van der Waals surface area contributed by atoms with Crippen molar-refractivity contribution in [3.63, 3.8) is 0 Å². The summed E-state index contributed by atoms with van der Waals surface area (Å²) in [6, 6.07) is 2.30. The van der Waals surface area contributed by atoms with E-state index < -0.39 is 0 Å². The lowest BCUT2D eigenvalue weighted by Gasteiger charge is -2.28. The first-order valence-corrected chi connectivity index (χ1v) is 13.4. The molecule has 0 aromatic carbocycles. The Kier molecular flexibility index (Phi) is 6.26. The van der Waals surface area contributed by atoms with Gasteiger partial charge in [0.15, 0.2) is 5.13 Å². The monoisotopic (exact) mass is 506 g/mol. The summed E-state index contributed by atoms with van der Waals surface area (Å²) in [7, 11) is 1.96. The van der Waals surface area contributed by atoms with Gasteiger partial charge in [0, 0.05) is 25.5 Å². The summed E-state index contributed by atoms with van der Waals surface area (Å²) in [4.78, 5) is 39.4. The molecule has 2 aliphatic carbocycles. The summed E-state index contributed by atoms with van der Waals surface area (Å²) < 4.78 is 6.12. The van der Waals surface area contributed by atoms with Gasteiger partial charge in [0.05, 0.1) is 35.2 Å². The predicted molar refractivity (Wildman–Crippen MR) is 137 cm³/mol. The highest BCUT2D eigenvalue weighted by atomic mass is 32.1. The van der Waals surface area contributed by atoms with Gasteiger partial charge in [-0.3, -0.25) is 9.69 Å². The van der Waals surface area contributed by atoms with Crippen molar-refractivity contribution in [1.82, 2.24) is 29.8 Å². The van der Waals surface area contributed by atoms with Gasteiger partial charge in [-0.05, 0) is 63.5 Å². The smallest absolute Gasteiger partial charge is 0.317 e. The molecule has 1 aliphatic heterocycles. The number of aromatic nitrogens is 5. The molecule has 0 radical (unpaired) electrons. The zero-order chi connectivity index (χ0) is 24.5. The number of likely N-dealkylation sites (N-methyl/N-ethyl adjacent to an activating group) is 1. The van der Waals surface area contributed by atoms with Crippen molar-refractivity contribution < 1.29 is 9.53 Å². The number of hydrogen-bond acceptors (Lipinski definition) is 10. The highest BCUT2D eigenvalue weighted by Gasteiger charge is 2.45. The van der Waals surface area contributed by atoms with Gasteiger partial charge < -0.3 is 15.0 Å². The number of nitrogens with one attached hydrogen (secondary N) is 1. The van der Waals surface area contributed by atoms with Crippen molar-refractivity contribution in [2.45, 2.75) is 51.0 Å². The van der Waals surface area contributed by atoms with Crippen molar-refractivity contribution in [3.8, 4) is 16.6 Å². The van der Waals surface area contributed by atoms with Crippen LogP contribution in [0, 0.1) is 5.41 Å². The highest BCUT2D eigenvalue weighted by molar-refractivity contribution is 7.18. The van der Waals surface area contributed by atoms with Crippen molar-refractivity contribution in [2.24, 2.45) is 5.41 Å². The molecule has 0 bridgehead atoms. The van der Waals surface area contributed by atoms with Gasteiger partial charge in [0.1, 0.15) is 6.10 Å². The molecule has 3 aromatic heterocycles. The molecule has 1 N–H and O–H groups in total. The SMILES string of the molecule is CN1CCCN(c2cnc(Nc3ncc(-c4ccnc(OC5CCC6(CC5)CC6)n4)s3)nc2)C(=O)C1. The minimum atomic E-state index is 0.0624. The molecular weight excluding hydrogens is 476 g/mol. The third kappa shape index (κ3) is 5.17. The van der Waals surface area contributed by atoms with Crippen LogP contribution in [0.2, 0.25) is 0 Å². The molecule has 0 atom stereocenters. The summed E-state index contributed by atoms with van der Waals surface area (Å²) in [6.45, 7) is 1.97. The van der Waals surface area contributed by atoms with Gasteiger partial charge in [0.2, 0.25) is 11.9 Å². The summed E-state index contributed by atoms with van der Waals surface area (Å²) in [5.41, 5.74) is 2.13. The second kappa shape index (κ2) is 9.70. The van der Waals surface area contributed by atoms with Crippen LogP contribution in [0.5, 0.6) is 6.01 Å². The van der Waals surface area contributed by atoms with Gasteiger partial charge in [-0.25, -0.2) is 19.9 Å². The Balaban J connectivity index is 1.08. The Morgan fingerprint density at radius 1 is 1.06 bits per heavy atom. The van der Waals surface area contributed by atoms with E-state index in [9.17, 15) is 4.79 Å². The summed E-state index contributed by atoms with van der Waals surface area (Å²) in [5, 5.41) is 3.81. The Morgan fingerprint density at radius 2 is 1.86 bits per heavy atom. The lowest BCUT2D eigenvalue weighted by molar-refractivity contribution is -0.118. The molecule has 1 saturated heterocycles. The van der Waals surface area contributed by atoms with Gasteiger partial charge in [-0.1, -0.05) is 11.3 Å². The van der Waals surface area contributed by atoms with E-state index in [0.717, 1.165) is 36.4 Å². The van der Waals surface area contributed by atoms with E-state index in [0.29, 0.717) is 41.3 Å². The maximum Gasteiger partial charge on any atom is 0.317 e. The maximum absolute atomic E-state index is 12.5. The molecule has 11 heteroatoms. The number of amides is 1. The topological polar surface area (TPSA) is 109 Å². The average Bonchev–Trinajstić information content (AvgIpc) is 3.53. The molecule has 3 aliphatic rings.